The summed E-state index contributed by atoms with van der Waals surface area (Å²) in [7, 11) is -3.41. The first kappa shape index (κ1) is 12.5. The Labute approximate surface area is 104 Å². The molecule has 0 unspecified atom stereocenters. The second-order valence-corrected chi connectivity index (χ2v) is 5.52. The fourth-order valence-electron chi connectivity index (χ4n) is 1.34. The van der Waals surface area contributed by atoms with Gasteiger partial charge in [-0.2, -0.15) is 5.10 Å². The van der Waals surface area contributed by atoms with Gasteiger partial charge >= 0.3 is 0 Å². The SMILES string of the molecule is CCS(=O)(=O)Nc1ccc(-n2cncn2)c(F)c1. The van der Waals surface area contributed by atoms with Gasteiger partial charge in [-0.3, -0.25) is 4.72 Å². The van der Waals surface area contributed by atoms with E-state index in [0.717, 1.165) is 6.07 Å². The van der Waals surface area contributed by atoms with Crippen LogP contribution < -0.4 is 4.72 Å². The minimum atomic E-state index is -3.41. The number of rotatable bonds is 4. The number of halogens is 1. The van der Waals surface area contributed by atoms with Crippen LogP contribution in [0.2, 0.25) is 0 Å². The zero-order chi connectivity index (χ0) is 13.2. The maximum Gasteiger partial charge on any atom is 0.232 e. The van der Waals surface area contributed by atoms with Crippen LogP contribution in [-0.2, 0) is 10.0 Å². The lowest BCUT2D eigenvalue weighted by Gasteiger charge is -2.08. The number of anilines is 1. The number of benzene rings is 1. The molecule has 0 aliphatic carbocycles. The smallest absolute Gasteiger partial charge is 0.232 e. The van der Waals surface area contributed by atoms with E-state index in [4.69, 9.17) is 0 Å². The molecule has 1 heterocycles. The molecule has 96 valence electrons. The average molecular weight is 270 g/mol. The number of aromatic nitrogens is 3. The van der Waals surface area contributed by atoms with Crippen LogP contribution >= 0.6 is 0 Å². The van der Waals surface area contributed by atoms with Gasteiger partial charge in [0.05, 0.1) is 11.4 Å². The van der Waals surface area contributed by atoms with Gasteiger partial charge in [0.1, 0.15) is 18.3 Å². The standard InChI is InChI=1S/C10H11FN4O2S/c1-2-18(16,17)14-8-3-4-10(9(11)5-8)15-7-12-6-13-15/h3-7,14H,2H2,1H3. The predicted molar refractivity (Wildman–Crippen MR) is 64.4 cm³/mol. The molecule has 0 aliphatic heterocycles. The summed E-state index contributed by atoms with van der Waals surface area (Å²) in [5, 5.41) is 3.79. The van der Waals surface area contributed by atoms with Crippen molar-refractivity contribution >= 4 is 15.7 Å². The van der Waals surface area contributed by atoms with Crippen LogP contribution in [0, 0.1) is 5.82 Å². The van der Waals surface area contributed by atoms with Crippen molar-refractivity contribution in [2.24, 2.45) is 0 Å². The van der Waals surface area contributed by atoms with Crippen LogP contribution in [0.5, 0.6) is 0 Å². The van der Waals surface area contributed by atoms with Crippen molar-refractivity contribution in [3.05, 3.63) is 36.7 Å². The molecular formula is C10H11FN4O2S. The Kier molecular flexibility index (Phi) is 3.28. The third kappa shape index (κ3) is 2.65. The summed E-state index contributed by atoms with van der Waals surface area (Å²) in [5.74, 6) is -0.656. The molecule has 1 aromatic heterocycles. The number of hydrogen-bond donors (Lipinski definition) is 1. The maximum atomic E-state index is 13.8. The van der Waals surface area contributed by atoms with Crippen molar-refractivity contribution in [2.45, 2.75) is 6.92 Å². The largest absolute Gasteiger partial charge is 0.283 e. The molecule has 0 saturated heterocycles. The summed E-state index contributed by atoms with van der Waals surface area (Å²) in [6.07, 6.45) is 2.64. The summed E-state index contributed by atoms with van der Waals surface area (Å²) in [4.78, 5) is 3.71. The lowest BCUT2D eigenvalue weighted by molar-refractivity contribution is 0.602. The molecule has 0 bridgehead atoms. The second kappa shape index (κ2) is 4.73. The van der Waals surface area contributed by atoms with Crippen molar-refractivity contribution in [1.82, 2.24) is 14.8 Å². The molecule has 0 radical (unpaired) electrons. The quantitative estimate of drug-likeness (QED) is 0.904. The molecule has 0 fully saturated rings. The van der Waals surface area contributed by atoms with E-state index >= 15 is 0 Å². The van der Waals surface area contributed by atoms with Gasteiger partial charge in [-0.15, -0.1) is 0 Å². The highest BCUT2D eigenvalue weighted by molar-refractivity contribution is 7.92. The van der Waals surface area contributed by atoms with Crippen molar-refractivity contribution in [1.29, 1.82) is 0 Å². The molecule has 18 heavy (non-hydrogen) atoms. The minimum Gasteiger partial charge on any atom is -0.283 e. The Morgan fingerprint density at radius 1 is 1.44 bits per heavy atom. The minimum absolute atomic E-state index is 0.0700. The van der Waals surface area contributed by atoms with Crippen molar-refractivity contribution < 1.29 is 12.8 Å². The van der Waals surface area contributed by atoms with E-state index in [0.29, 0.717) is 0 Å². The average Bonchev–Trinajstić information content (AvgIpc) is 2.82. The van der Waals surface area contributed by atoms with Crippen molar-refractivity contribution in [2.75, 3.05) is 10.5 Å². The van der Waals surface area contributed by atoms with Gasteiger partial charge in [0.25, 0.3) is 0 Å². The van der Waals surface area contributed by atoms with Gasteiger partial charge in [-0.25, -0.2) is 22.5 Å². The van der Waals surface area contributed by atoms with Crippen LogP contribution in [0.25, 0.3) is 5.69 Å². The zero-order valence-corrected chi connectivity index (χ0v) is 10.4. The molecule has 2 rings (SSSR count). The first-order valence-electron chi connectivity index (χ1n) is 5.17. The van der Waals surface area contributed by atoms with Crippen LogP contribution in [0.1, 0.15) is 6.92 Å². The highest BCUT2D eigenvalue weighted by atomic mass is 32.2. The highest BCUT2D eigenvalue weighted by Crippen LogP contribution is 2.18. The van der Waals surface area contributed by atoms with Crippen molar-refractivity contribution in [3.8, 4) is 5.69 Å². The molecule has 0 spiro atoms. The molecule has 8 heteroatoms. The van der Waals surface area contributed by atoms with Crippen LogP contribution in [0.15, 0.2) is 30.9 Å². The molecule has 1 N–H and O–H groups in total. The van der Waals surface area contributed by atoms with Crippen LogP contribution in [0.3, 0.4) is 0 Å². The maximum absolute atomic E-state index is 13.8. The first-order chi connectivity index (χ1) is 8.52. The summed E-state index contributed by atoms with van der Waals surface area (Å²) >= 11 is 0. The summed E-state index contributed by atoms with van der Waals surface area (Å²) in [6, 6.07) is 4.00. The second-order valence-electron chi connectivity index (χ2n) is 3.51. The molecule has 6 nitrogen and oxygen atoms in total. The van der Waals surface area contributed by atoms with E-state index in [1.807, 2.05) is 0 Å². The van der Waals surface area contributed by atoms with E-state index < -0.39 is 15.8 Å². The normalized spacial score (nSPS) is 11.4. The van der Waals surface area contributed by atoms with Gasteiger partial charge in [-0.05, 0) is 19.1 Å². The lowest BCUT2D eigenvalue weighted by atomic mass is 10.3. The predicted octanol–water partition coefficient (Wildman–Crippen LogP) is 1.17. The van der Waals surface area contributed by atoms with E-state index in [9.17, 15) is 12.8 Å². The molecule has 2 aromatic rings. The first-order valence-corrected chi connectivity index (χ1v) is 6.82. The molecular weight excluding hydrogens is 259 g/mol. The van der Waals surface area contributed by atoms with Gasteiger partial charge in [0, 0.05) is 6.07 Å². The summed E-state index contributed by atoms with van der Waals surface area (Å²) < 4.78 is 40.0. The van der Waals surface area contributed by atoms with Crippen LogP contribution in [0.4, 0.5) is 10.1 Å². The van der Waals surface area contributed by atoms with Gasteiger partial charge in [0.15, 0.2) is 5.82 Å². The number of nitrogens with zero attached hydrogens (tertiary/aromatic N) is 3. The van der Waals surface area contributed by atoms with E-state index in [-0.39, 0.29) is 17.1 Å². The molecule has 0 atom stereocenters. The molecule has 0 aliphatic rings. The van der Waals surface area contributed by atoms with E-state index in [1.54, 1.807) is 0 Å². The fourth-order valence-corrected chi connectivity index (χ4v) is 1.97. The molecule has 0 saturated carbocycles. The molecule has 0 amide bonds. The Hall–Kier alpha value is -1.96. The monoisotopic (exact) mass is 270 g/mol. The third-order valence-electron chi connectivity index (χ3n) is 2.27. The van der Waals surface area contributed by atoms with E-state index in [2.05, 4.69) is 14.8 Å². The number of sulfonamides is 1. The highest BCUT2D eigenvalue weighted by Gasteiger charge is 2.10. The lowest BCUT2D eigenvalue weighted by Crippen LogP contribution is -2.14. The Balaban J connectivity index is 2.31. The Bertz CT molecular complexity index is 640. The fraction of sp³-hybridized carbons (Fsp3) is 0.200. The third-order valence-corrected chi connectivity index (χ3v) is 3.57. The summed E-state index contributed by atoms with van der Waals surface area (Å²) in [6.45, 7) is 1.50. The Morgan fingerprint density at radius 2 is 2.22 bits per heavy atom. The zero-order valence-electron chi connectivity index (χ0n) is 9.54. The van der Waals surface area contributed by atoms with Crippen LogP contribution in [-0.4, -0.2) is 28.9 Å². The molecule has 1 aromatic carbocycles. The topological polar surface area (TPSA) is 76.9 Å². The van der Waals surface area contributed by atoms with E-state index in [1.165, 1.54) is 36.4 Å². The van der Waals surface area contributed by atoms with Crippen molar-refractivity contribution in [3.63, 3.8) is 0 Å². The van der Waals surface area contributed by atoms with Gasteiger partial charge in [0.2, 0.25) is 10.0 Å². The Morgan fingerprint density at radius 3 is 2.78 bits per heavy atom. The summed E-state index contributed by atoms with van der Waals surface area (Å²) in [5.41, 5.74) is 0.380. The van der Waals surface area contributed by atoms with Gasteiger partial charge in [-0.1, -0.05) is 0 Å². The number of hydrogen-bond acceptors (Lipinski definition) is 4. The van der Waals surface area contributed by atoms with Gasteiger partial charge < -0.3 is 0 Å². The number of nitrogens with one attached hydrogen (secondary N) is 1.